The topological polar surface area (TPSA) is 175 Å². The van der Waals surface area contributed by atoms with Gasteiger partial charge in [-0.3, -0.25) is 20.2 Å². The van der Waals surface area contributed by atoms with Crippen LogP contribution in [-0.2, 0) is 31.8 Å². The maximum absolute atomic E-state index is 10.9. The van der Waals surface area contributed by atoms with Gasteiger partial charge in [0.15, 0.2) is 12.6 Å². The van der Waals surface area contributed by atoms with Crippen molar-refractivity contribution in [1.29, 1.82) is 0 Å². The highest BCUT2D eigenvalue weighted by atomic mass is 16.7. The number of benzene rings is 2. The summed E-state index contributed by atoms with van der Waals surface area (Å²) in [5.74, 6) is 0. The smallest absolute Gasteiger partial charge is 0.349 e. The molecular formula is C20H28N4O8. The van der Waals surface area contributed by atoms with Crippen LogP contribution in [0, 0.1) is 20.2 Å². The molecule has 0 aliphatic heterocycles. The van der Waals surface area contributed by atoms with Crippen LogP contribution < -0.4 is 11.5 Å². The third-order valence-electron chi connectivity index (χ3n) is 4.53. The molecule has 2 aromatic carbocycles. The van der Waals surface area contributed by atoms with Gasteiger partial charge in [-0.2, -0.15) is 0 Å². The van der Waals surface area contributed by atoms with Crippen LogP contribution in [0.15, 0.2) is 36.4 Å². The zero-order chi connectivity index (χ0) is 24.3. The Hall–Kier alpha value is -3.32. The molecule has 2 aromatic rings. The van der Waals surface area contributed by atoms with Crippen LogP contribution in [0.25, 0.3) is 0 Å². The van der Waals surface area contributed by atoms with Gasteiger partial charge in [0.05, 0.1) is 21.2 Å². The Morgan fingerprint density at radius 3 is 1.72 bits per heavy atom. The Labute approximate surface area is 185 Å². The summed E-state index contributed by atoms with van der Waals surface area (Å²) in [6.45, 7) is 0. The number of nitro benzene ring substituents is 2. The molecule has 0 aliphatic carbocycles. The molecule has 0 atom stereocenters. The average molecular weight is 452 g/mol. The van der Waals surface area contributed by atoms with Crippen LogP contribution in [-0.4, -0.2) is 50.9 Å². The lowest BCUT2D eigenvalue weighted by molar-refractivity contribution is -0.423. The molecule has 32 heavy (non-hydrogen) atoms. The predicted octanol–water partition coefficient (Wildman–Crippen LogP) is 2.68. The van der Waals surface area contributed by atoms with Crippen molar-refractivity contribution in [2.45, 2.75) is 25.4 Å². The first kappa shape index (κ1) is 26.7. The van der Waals surface area contributed by atoms with Crippen molar-refractivity contribution >= 4 is 22.7 Å². The van der Waals surface area contributed by atoms with E-state index >= 15 is 0 Å². The lowest BCUT2D eigenvalue weighted by Gasteiger charge is -2.15. The fraction of sp³-hybridized carbons (Fsp3) is 0.400. The second-order valence-corrected chi connectivity index (χ2v) is 6.43. The van der Waals surface area contributed by atoms with Gasteiger partial charge in [0.1, 0.15) is 0 Å². The number of nitrogen functional groups attached to an aromatic ring is 2. The zero-order valence-corrected chi connectivity index (χ0v) is 18.3. The van der Waals surface area contributed by atoms with Gasteiger partial charge in [-0.25, -0.2) is 0 Å². The highest BCUT2D eigenvalue weighted by Gasteiger charge is 2.29. The fourth-order valence-corrected chi connectivity index (χ4v) is 2.80. The largest absolute Gasteiger partial charge is 0.397 e. The van der Waals surface area contributed by atoms with Crippen molar-refractivity contribution in [1.82, 2.24) is 0 Å². The number of nitro groups is 2. The number of nitrogens with two attached hydrogens (primary N) is 2. The second-order valence-electron chi connectivity index (χ2n) is 6.43. The van der Waals surface area contributed by atoms with Gasteiger partial charge >= 0.3 is 11.4 Å². The molecule has 0 fully saturated rings. The Kier molecular flexibility index (Phi) is 11.0. The number of methoxy groups -OCH3 is 4. The summed E-state index contributed by atoms with van der Waals surface area (Å²) in [4.78, 5) is 20.1. The van der Waals surface area contributed by atoms with Crippen LogP contribution in [0.2, 0.25) is 0 Å². The molecular weight excluding hydrogens is 424 g/mol. The van der Waals surface area contributed by atoms with Gasteiger partial charge in [0.2, 0.25) is 0 Å². The summed E-state index contributed by atoms with van der Waals surface area (Å²) in [5.41, 5.74) is 12.7. The fourth-order valence-electron chi connectivity index (χ4n) is 2.80. The van der Waals surface area contributed by atoms with Crippen LogP contribution in [0.1, 0.15) is 11.1 Å². The molecule has 0 saturated heterocycles. The van der Waals surface area contributed by atoms with E-state index in [4.69, 9.17) is 30.4 Å². The van der Waals surface area contributed by atoms with E-state index < -0.39 is 27.5 Å². The summed E-state index contributed by atoms with van der Waals surface area (Å²) in [5, 5.41) is 21.7. The number of rotatable bonds is 10. The van der Waals surface area contributed by atoms with Gasteiger partial charge in [0, 0.05) is 52.9 Å². The van der Waals surface area contributed by atoms with Crippen molar-refractivity contribution in [2.75, 3.05) is 39.9 Å². The molecule has 12 heteroatoms. The molecule has 176 valence electrons. The van der Waals surface area contributed by atoms with E-state index in [2.05, 4.69) is 0 Å². The van der Waals surface area contributed by atoms with Crippen LogP contribution in [0.5, 0.6) is 0 Å². The summed E-state index contributed by atoms with van der Waals surface area (Å²) in [6.07, 6.45) is -0.306. The van der Waals surface area contributed by atoms with Crippen molar-refractivity contribution < 1.29 is 28.8 Å². The number of hydrogen-bond acceptors (Lipinski definition) is 10. The molecule has 0 radical (unpaired) electrons. The molecule has 0 amide bonds. The van der Waals surface area contributed by atoms with E-state index in [0.29, 0.717) is 17.8 Å². The first-order chi connectivity index (χ1) is 15.2. The maximum atomic E-state index is 10.9. The second kappa shape index (κ2) is 13.2. The number of hydrogen-bond donors (Lipinski definition) is 2. The molecule has 0 unspecified atom stereocenters. The number of anilines is 2. The quantitative estimate of drug-likeness (QED) is 0.236. The Morgan fingerprint density at radius 1 is 0.781 bits per heavy atom. The SMILES string of the molecule is COC(Cc1cccc(N)c1N)OC.COC(Cc1cccc([N+](=O)[O-])c1[N+](=O)[O-])OC. The van der Waals surface area contributed by atoms with Crippen molar-refractivity contribution in [2.24, 2.45) is 0 Å². The molecule has 0 heterocycles. The third kappa shape index (κ3) is 7.42. The van der Waals surface area contributed by atoms with E-state index in [1.807, 2.05) is 12.1 Å². The van der Waals surface area contributed by atoms with Gasteiger partial charge in [-0.1, -0.05) is 24.3 Å². The average Bonchev–Trinajstić information content (AvgIpc) is 2.78. The summed E-state index contributed by atoms with van der Waals surface area (Å²) >= 11 is 0. The lowest BCUT2D eigenvalue weighted by atomic mass is 10.1. The summed E-state index contributed by atoms with van der Waals surface area (Å²) in [6, 6.07) is 9.48. The lowest BCUT2D eigenvalue weighted by Crippen LogP contribution is -2.17. The highest BCUT2D eigenvalue weighted by Crippen LogP contribution is 2.31. The minimum atomic E-state index is -0.782. The van der Waals surface area contributed by atoms with Crippen LogP contribution in [0.4, 0.5) is 22.7 Å². The first-order valence-electron chi connectivity index (χ1n) is 9.34. The van der Waals surface area contributed by atoms with Crippen LogP contribution in [0.3, 0.4) is 0 Å². The van der Waals surface area contributed by atoms with E-state index in [0.717, 1.165) is 11.6 Å². The van der Waals surface area contributed by atoms with Gasteiger partial charge < -0.3 is 30.4 Å². The predicted molar refractivity (Wildman–Crippen MR) is 118 cm³/mol. The van der Waals surface area contributed by atoms with E-state index in [1.54, 1.807) is 20.3 Å². The Bertz CT molecular complexity index is 901. The summed E-state index contributed by atoms with van der Waals surface area (Å²) in [7, 11) is 5.96. The van der Waals surface area contributed by atoms with Crippen LogP contribution >= 0.6 is 0 Å². The molecule has 0 aliphatic rings. The monoisotopic (exact) mass is 452 g/mol. The Balaban J connectivity index is 0.000000330. The van der Waals surface area contributed by atoms with E-state index in [9.17, 15) is 20.2 Å². The standard InChI is InChI=1S/C10H12N2O6.C10H16N2O2/c1-17-9(18-2)6-7-4-3-5-8(11(13)14)10(7)12(15)16;1-13-9(14-2)6-7-4-3-5-8(11)10(7)12/h3-5,9H,6H2,1-2H3;3-5,9H,6,11-12H2,1-2H3. The zero-order valence-electron chi connectivity index (χ0n) is 18.3. The normalized spacial score (nSPS) is 10.7. The summed E-state index contributed by atoms with van der Waals surface area (Å²) < 4.78 is 20.0. The van der Waals surface area contributed by atoms with E-state index in [1.165, 1.54) is 26.4 Å². The van der Waals surface area contributed by atoms with Crippen molar-refractivity contribution in [3.63, 3.8) is 0 Å². The molecule has 4 N–H and O–H groups in total. The van der Waals surface area contributed by atoms with Gasteiger partial charge in [-0.05, 0) is 11.6 Å². The molecule has 0 spiro atoms. The Morgan fingerprint density at radius 2 is 1.25 bits per heavy atom. The van der Waals surface area contributed by atoms with Crippen molar-refractivity contribution in [3.8, 4) is 0 Å². The first-order valence-corrected chi connectivity index (χ1v) is 9.34. The highest BCUT2D eigenvalue weighted by molar-refractivity contribution is 5.67. The minimum absolute atomic E-state index is 0.0605. The minimum Gasteiger partial charge on any atom is -0.397 e. The molecule has 0 aromatic heterocycles. The molecule has 2 rings (SSSR count). The number of ether oxygens (including phenoxy) is 4. The number of para-hydroxylation sites is 2. The third-order valence-corrected chi connectivity index (χ3v) is 4.53. The van der Waals surface area contributed by atoms with E-state index in [-0.39, 0.29) is 18.3 Å². The van der Waals surface area contributed by atoms with Gasteiger partial charge in [0.25, 0.3) is 0 Å². The van der Waals surface area contributed by atoms with Gasteiger partial charge in [-0.15, -0.1) is 0 Å². The van der Waals surface area contributed by atoms with Crippen molar-refractivity contribution in [3.05, 3.63) is 67.8 Å². The molecule has 0 saturated carbocycles. The molecule has 12 nitrogen and oxygen atoms in total. The number of nitrogens with zero attached hydrogens (tertiary/aromatic N) is 2. The maximum Gasteiger partial charge on any atom is 0.349 e. The molecule has 0 bridgehead atoms.